The van der Waals surface area contributed by atoms with E-state index in [1.807, 2.05) is 24.3 Å². The van der Waals surface area contributed by atoms with Gasteiger partial charge in [-0.1, -0.05) is 122 Å². The summed E-state index contributed by atoms with van der Waals surface area (Å²) in [5.41, 5.74) is 2.16. The van der Waals surface area contributed by atoms with Gasteiger partial charge in [0.2, 0.25) is 0 Å². The quantitative estimate of drug-likeness (QED) is 0.0962. The maximum atomic E-state index is 13.5. The molecule has 2 aromatic carbocycles. The molecule has 7 nitrogen and oxygen atoms in total. The van der Waals surface area contributed by atoms with Crippen molar-refractivity contribution in [2.75, 3.05) is 6.61 Å². The highest BCUT2D eigenvalue weighted by molar-refractivity contribution is 7.87. The van der Waals surface area contributed by atoms with Gasteiger partial charge in [0, 0.05) is 5.39 Å². The highest BCUT2D eigenvalue weighted by Gasteiger charge is 2.25. The van der Waals surface area contributed by atoms with Crippen LogP contribution in [0.1, 0.15) is 122 Å². The second-order valence-corrected chi connectivity index (χ2v) is 12.6. The molecule has 0 atom stereocenters. The van der Waals surface area contributed by atoms with Gasteiger partial charge < -0.3 is 0 Å². The van der Waals surface area contributed by atoms with Crippen LogP contribution in [-0.4, -0.2) is 32.5 Å². The minimum Gasteiger partial charge on any atom is -0.266 e. The van der Waals surface area contributed by atoms with E-state index in [9.17, 15) is 8.42 Å². The molecule has 0 aliphatic rings. The zero-order valence-electron chi connectivity index (χ0n) is 24.2. The number of fused-ring (bicyclic) bond motifs is 1. The molecule has 0 saturated heterocycles. The van der Waals surface area contributed by atoms with Crippen molar-refractivity contribution in [3.05, 3.63) is 41.5 Å². The van der Waals surface area contributed by atoms with Crippen LogP contribution >= 0.6 is 0 Å². The predicted molar refractivity (Wildman–Crippen MR) is 160 cm³/mol. The van der Waals surface area contributed by atoms with Gasteiger partial charge in [-0.3, -0.25) is 13.3 Å². The van der Waals surface area contributed by atoms with Gasteiger partial charge in [0.05, 0.1) is 6.61 Å². The summed E-state index contributed by atoms with van der Waals surface area (Å²) in [4.78, 5) is 0.428. The maximum Gasteiger partial charge on any atom is 0.394 e. The lowest BCUT2D eigenvalue weighted by atomic mass is 9.94. The van der Waals surface area contributed by atoms with E-state index in [1.165, 1.54) is 50.5 Å². The molecule has 2 N–H and O–H groups in total. The molecule has 0 unspecified atom stereocenters. The summed E-state index contributed by atoms with van der Waals surface area (Å²) in [5, 5.41) is 1.80. The normalized spacial score (nSPS) is 11.9. The van der Waals surface area contributed by atoms with Crippen LogP contribution in [0, 0.1) is 0 Å². The molecule has 2 aromatic rings. The van der Waals surface area contributed by atoms with Gasteiger partial charge in [-0.05, 0) is 48.6 Å². The van der Waals surface area contributed by atoms with Crippen molar-refractivity contribution in [3.8, 4) is 0 Å². The zero-order chi connectivity index (χ0) is 29.2. The van der Waals surface area contributed by atoms with Gasteiger partial charge in [0.15, 0.2) is 0 Å². The van der Waals surface area contributed by atoms with Crippen LogP contribution in [-0.2, 0) is 37.5 Å². The lowest BCUT2D eigenvalue weighted by Crippen LogP contribution is -2.13. The molecule has 224 valence electrons. The summed E-state index contributed by atoms with van der Waals surface area (Å²) in [6, 6.07) is 10.1. The van der Waals surface area contributed by atoms with Crippen LogP contribution in [0.3, 0.4) is 0 Å². The van der Waals surface area contributed by atoms with E-state index in [0.29, 0.717) is 4.90 Å². The Morgan fingerprint density at radius 1 is 0.667 bits per heavy atom. The van der Waals surface area contributed by atoms with Gasteiger partial charge in [0.25, 0.3) is 10.1 Å². The van der Waals surface area contributed by atoms with Crippen LogP contribution in [0.4, 0.5) is 0 Å². The van der Waals surface area contributed by atoms with Crippen molar-refractivity contribution in [1.29, 1.82) is 0 Å². The third-order valence-electron chi connectivity index (χ3n) is 6.76. The standard InChI is InChI=1S/C30H48O3S.H2O4S/c1-4-7-10-11-12-13-14-15-16-19-24-33-34(31,32)30-28(22-9-6-3)26(20-8-5-2)25-27-21-17-18-23-29(27)30;1-5(2,3)4/h17-18,21,23,25H,4-16,19-20,22,24H2,1-3H3;(H2,1,2,3,4). The number of benzene rings is 2. The van der Waals surface area contributed by atoms with Crippen molar-refractivity contribution < 1.29 is 30.1 Å². The van der Waals surface area contributed by atoms with Crippen LogP contribution < -0.4 is 0 Å². The van der Waals surface area contributed by atoms with E-state index >= 15 is 0 Å². The maximum absolute atomic E-state index is 13.5. The number of unbranched alkanes of at least 4 members (excludes halogenated alkanes) is 11. The fourth-order valence-corrected chi connectivity index (χ4v) is 6.18. The Morgan fingerprint density at radius 2 is 1.15 bits per heavy atom. The van der Waals surface area contributed by atoms with Crippen molar-refractivity contribution in [3.63, 3.8) is 0 Å². The molecule has 0 fully saturated rings. The minimum atomic E-state index is -4.67. The van der Waals surface area contributed by atoms with Crippen molar-refractivity contribution in [2.45, 2.75) is 128 Å². The van der Waals surface area contributed by atoms with Gasteiger partial charge in [-0.25, -0.2) is 0 Å². The minimum absolute atomic E-state index is 0.277. The third-order valence-corrected chi connectivity index (χ3v) is 8.21. The van der Waals surface area contributed by atoms with Crippen LogP contribution in [0.5, 0.6) is 0 Å². The van der Waals surface area contributed by atoms with Crippen LogP contribution in [0.15, 0.2) is 35.2 Å². The van der Waals surface area contributed by atoms with E-state index in [1.54, 1.807) is 0 Å². The van der Waals surface area contributed by atoms with Gasteiger partial charge in [-0.2, -0.15) is 16.8 Å². The fourth-order valence-electron chi connectivity index (χ4n) is 4.73. The first-order valence-electron chi connectivity index (χ1n) is 14.7. The largest absolute Gasteiger partial charge is 0.394 e. The lowest BCUT2D eigenvalue weighted by molar-refractivity contribution is 0.306. The lowest BCUT2D eigenvalue weighted by Gasteiger charge is -2.18. The summed E-state index contributed by atoms with van der Waals surface area (Å²) < 4.78 is 64.2. The zero-order valence-corrected chi connectivity index (χ0v) is 25.8. The molecule has 0 aliphatic heterocycles. The summed E-state index contributed by atoms with van der Waals surface area (Å²) in [7, 11) is -8.47. The van der Waals surface area contributed by atoms with E-state index in [-0.39, 0.29) is 6.61 Å². The molecule has 0 bridgehead atoms. The van der Waals surface area contributed by atoms with Gasteiger partial charge >= 0.3 is 10.4 Å². The number of hydrogen-bond acceptors (Lipinski definition) is 5. The van der Waals surface area contributed by atoms with Crippen molar-refractivity contribution >= 4 is 31.3 Å². The SMILES string of the molecule is CCCCCCCCCCCCOS(=O)(=O)c1c(CCCC)c(CCCC)cc2ccccc12.O=S(=O)(O)O. The predicted octanol–water partition coefficient (Wildman–Crippen LogP) is 8.50. The Balaban J connectivity index is 0.00000139. The Bertz CT molecular complexity index is 1150. The van der Waals surface area contributed by atoms with E-state index < -0.39 is 20.5 Å². The van der Waals surface area contributed by atoms with Crippen LogP contribution in [0.2, 0.25) is 0 Å². The van der Waals surface area contributed by atoms with Crippen molar-refractivity contribution in [1.82, 2.24) is 0 Å². The average Bonchev–Trinajstić information content (AvgIpc) is 2.87. The molecular weight excluding hydrogens is 536 g/mol. The first-order chi connectivity index (χ1) is 18.5. The van der Waals surface area contributed by atoms with E-state index in [2.05, 4.69) is 26.8 Å². The molecule has 9 heteroatoms. The Labute approximate surface area is 237 Å². The molecule has 0 saturated carbocycles. The Morgan fingerprint density at radius 3 is 1.72 bits per heavy atom. The first kappa shape index (κ1) is 35.5. The Hall–Kier alpha value is -1.52. The first-order valence-corrected chi connectivity index (χ1v) is 17.5. The molecule has 0 aliphatic carbocycles. The molecule has 0 heterocycles. The molecule has 0 amide bonds. The molecule has 39 heavy (non-hydrogen) atoms. The van der Waals surface area contributed by atoms with Gasteiger partial charge in [-0.15, -0.1) is 0 Å². The average molecular weight is 587 g/mol. The molecule has 0 spiro atoms. The monoisotopic (exact) mass is 586 g/mol. The third kappa shape index (κ3) is 15.2. The molecule has 0 aromatic heterocycles. The summed E-state index contributed by atoms with van der Waals surface area (Å²) >= 11 is 0. The number of rotatable bonds is 19. The summed E-state index contributed by atoms with van der Waals surface area (Å²) in [6.07, 6.45) is 18.1. The highest BCUT2D eigenvalue weighted by Crippen LogP contribution is 2.33. The molecule has 0 radical (unpaired) electrons. The van der Waals surface area contributed by atoms with Crippen LogP contribution in [0.25, 0.3) is 10.8 Å². The Kier molecular flexibility index (Phi) is 17.8. The van der Waals surface area contributed by atoms with E-state index in [4.69, 9.17) is 21.7 Å². The van der Waals surface area contributed by atoms with E-state index in [0.717, 1.165) is 74.1 Å². The fraction of sp³-hybridized carbons (Fsp3) is 0.667. The smallest absolute Gasteiger partial charge is 0.266 e. The molecule has 2 rings (SSSR count). The second kappa shape index (κ2) is 19.5. The topological polar surface area (TPSA) is 118 Å². The summed E-state index contributed by atoms with van der Waals surface area (Å²) in [5.74, 6) is 0. The van der Waals surface area contributed by atoms with Gasteiger partial charge in [0.1, 0.15) is 4.90 Å². The number of hydrogen-bond donors (Lipinski definition) is 2. The number of aryl methyl sites for hydroxylation is 1. The van der Waals surface area contributed by atoms with Crippen molar-refractivity contribution in [2.24, 2.45) is 0 Å². The summed E-state index contributed by atoms with van der Waals surface area (Å²) in [6.45, 7) is 6.86. The molecular formula is C30H50O7S2. The highest BCUT2D eigenvalue weighted by atomic mass is 32.3. The second-order valence-electron chi connectivity index (χ2n) is 10.2.